The van der Waals surface area contributed by atoms with Crippen LogP contribution in [0.3, 0.4) is 0 Å². The van der Waals surface area contributed by atoms with Gasteiger partial charge in [-0.15, -0.1) is 0 Å². The van der Waals surface area contributed by atoms with E-state index in [4.69, 9.17) is 9.47 Å². The highest BCUT2D eigenvalue weighted by atomic mass is 16.5. The number of rotatable bonds is 9. The van der Waals surface area contributed by atoms with Gasteiger partial charge in [0.1, 0.15) is 0 Å². The molecule has 1 rings (SSSR count). The summed E-state index contributed by atoms with van der Waals surface area (Å²) in [6, 6.07) is 5.66. The van der Waals surface area contributed by atoms with Gasteiger partial charge in [-0.25, -0.2) is 0 Å². The smallest absolute Gasteiger partial charge is 0.166 e. The Kier molecular flexibility index (Phi) is 7.45. The lowest BCUT2D eigenvalue weighted by Gasteiger charge is -2.21. The molecule has 0 spiro atoms. The molecule has 3 nitrogen and oxygen atoms in total. The van der Waals surface area contributed by atoms with Crippen LogP contribution in [0.25, 0.3) is 0 Å². The van der Waals surface area contributed by atoms with Crippen molar-refractivity contribution in [3.63, 3.8) is 0 Å². The number of ether oxygens (including phenoxy) is 2. The SMILES string of the molecule is CCCCC(CC)CC(O)c1cccc(OC)c1OC. The summed E-state index contributed by atoms with van der Waals surface area (Å²) in [5, 5.41) is 10.5. The molecule has 1 N–H and O–H groups in total. The fraction of sp³-hybridized carbons (Fsp3) is 0.647. The Bertz CT molecular complexity index is 390. The first-order valence-electron chi connectivity index (χ1n) is 7.56. The molecule has 0 amide bonds. The number of unbranched alkanes of at least 4 members (excludes halogenated alkanes) is 1. The van der Waals surface area contributed by atoms with Crippen molar-refractivity contribution in [1.29, 1.82) is 0 Å². The first-order chi connectivity index (χ1) is 9.67. The van der Waals surface area contributed by atoms with E-state index in [2.05, 4.69) is 13.8 Å². The molecular weight excluding hydrogens is 252 g/mol. The van der Waals surface area contributed by atoms with Gasteiger partial charge < -0.3 is 14.6 Å². The summed E-state index contributed by atoms with van der Waals surface area (Å²) in [6.45, 7) is 4.39. The van der Waals surface area contributed by atoms with Crippen LogP contribution < -0.4 is 9.47 Å². The second kappa shape index (κ2) is 8.85. The zero-order valence-corrected chi connectivity index (χ0v) is 13.2. The molecule has 3 heteroatoms. The Morgan fingerprint density at radius 2 is 1.90 bits per heavy atom. The molecule has 0 aromatic heterocycles. The minimum absolute atomic E-state index is 0.498. The largest absolute Gasteiger partial charge is 0.493 e. The molecule has 0 aliphatic carbocycles. The minimum Gasteiger partial charge on any atom is -0.493 e. The summed E-state index contributed by atoms with van der Waals surface area (Å²) >= 11 is 0. The topological polar surface area (TPSA) is 38.7 Å². The number of hydrogen-bond donors (Lipinski definition) is 1. The van der Waals surface area contributed by atoms with Crippen LogP contribution in [0.5, 0.6) is 11.5 Å². The third-order valence-electron chi connectivity index (χ3n) is 3.89. The van der Waals surface area contributed by atoms with Crippen molar-refractivity contribution in [2.24, 2.45) is 5.92 Å². The van der Waals surface area contributed by atoms with Crippen LogP contribution in [0.4, 0.5) is 0 Å². The van der Waals surface area contributed by atoms with E-state index < -0.39 is 6.10 Å². The predicted octanol–water partition coefficient (Wildman–Crippen LogP) is 4.34. The lowest BCUT2D eigenvalue weighted by atomic mass is 9.90. The Hall–Kier alpha value is -1.22. The number of methoxy groups -OCH3 is 2. The summed E-state index contributed by atoms with van der Waals surface area (Å²) in [5.41, 5.74) is 0.821. The van der Waals surface area contributed by atoms with E-state index in [9.17, 15) is 5.11 Å². The van der Waals surface area contributed by atoms with E-state index in [1.165, 1.54) is 19.3 Å². The predicted molar refractivity (Wildman–Crippen MR) is 82.4 cm³/mol. The van der Waals surface area contributed by atoms with Crippen LogP contribution in [0.15, 0.2) is 18.2 Å². The van der Waals surface area contributed by atoms with Gasteiger partial charge in [0.15, 0.2) is 11.5 Å². The Labute approximate surface area is 122 Å². The summed E-state index contributed by atoms with van der Waals surface area (Å²) in [4.78, 5) is 0. The first-order valence-corrected chi connectivity index (χ1v) is 7.56. The van der Waals surface area contributed by atoms with Gasteiger partial charge in [0.05, 0.1) is 20.3 Å². The van der Waals surface area contributed by atoms with Crippen molar-refractivity contribution in [2.45, 2.75) is 52.1 Å². The zero-order chi connectivity index (χ0) is 15.0. The molecule has 0 aliphatic heterocycles. The van der Waals surface area contributed by atoms with Gasteiger partial charge in [-0.3, -0.25) is 0 Å². The second-order valence-electron chi connectivity index (χ2n) is 5.25. The van der Waals surface area contributed by atoms with Crippen molar-refractivity contribution >= 4 is 0 Å². The average Bonchev–Trinajstić information content (AvgIpc) is 2.49. The maximum Gasteiger partial charge on any atom is 0.166 e. The van der Waals surface area contributed by atoms with Gasteiger partial charge in [-0.05, 0) is 18.4 Å². The lowest BCUT2D eigenvalue weighted by Crippen LogP contribution is -2.08. The third-order valence-corrected chi connectivity index (χ3v) is 3.89. The highest BCUT2D eigenvalue weighted by Crippen LogP contribution is 2.37. The highest BCUT2D eigenvalue weighted by molar-refractivity contribution is 5.47. The number of aliphatic hydroxyl groups is 1. The maximum absolute atomic E-state index is 10.5. The third kappa shape index (κ3) is 4.41. The van der Waals surface area contributed by atoms with Gasteiger partial charge in [0, 0.05) is 5.56 Å². The van der Waals surface area contributed by atoms with Gasteiger partial charge in [-0.1, -0.05) is 51.7 Å². The molecule has 114 valence electrons. The highest BCUT2D eigenvalue weighted by Gasteiger charge is 2.20. The molecule has 0 fully saturated rings. The van der Waals surface area contributed by atoms with Crippen LogP contribution in [0.2, 0.25) is 0 Å². The van der Waals surface area contributed by atoms with E-state index in [1.54, 1.807) is 14.2 Å². The van der Waals surface area contributed by atoms with Crippen LogP contribution in [0.1, 0.15) is 57.6 Å². The van der Waals surface area contributed by atoms with Crippen molar-refractivity contribution in [2.75, 3.05) is 14.2 Å². The Morgan fingerprint density at radius 1 is 1.15 bits per heavy atom. The van der Waals surface area contributed by atoms with E-state index in [0.717, 1.165) is 18.4 Å². The number of benzene rings is 1. The number of aliphatic hydroxyl groups excluding tert-OH is 1. The lowest BCUT2D eigenvalue weighted by molar-refractivity contribution is 0.135. The fourth-order valence-corrected chi connectivity index (χ4v) is 2.60. The van der Waals surface area contributed by atoms with E-state index in [1.807, 2.05) is 18.2 Å². The molecule has 2 atom stereocenters. The van der Waals surface area contributed by atoms with Gasteiger partial charge in [0.2, 0.25) is 0 Å². The molecule has 0 saturated carbocycles. The second-order valence-corrected chi connectivity index (χ2v) is 5.25. The summed E-state index contributed by atoms with van der Waals surface area (Å²) < 4.78 is 10.7. The van der Waals surface area contributed by atoms with E-state index >= 15 is 0 Å². The number of para-hydroxylation sites is 1. The average molecular weight is 280 g/mol. The minimum atomic E-state index is -0.498. The van der Waals surface area contributed by atoms with Gasteiger partial charge in [-0.2, -0.15) is 0 Å². The quantitative estimate of drug-likeness (QED) is 0.731. The summed E-state index contributed by atoms with van der Waals surface area (Å²) in [6.07, 6.45) is 4.98. The zero-order valence-electron chi connectivity index (χ0n) is 13.2. The molecule has 0 aliphatic rings. The molecule has 0 saturated heterocycles. The van der Waals surface area contributed by atoms with Crippen molar-refractivity contribution in [3.8, 4) is 11.5 Å². The van der Waals surface area contributed by atoms with Crippen LogP contribution in [-0.2, 0) is 0 Å². The molecule has 2 unspecified atom stereocenters. The monoisotopic (exact) mass is 280 g/mol. The van der Waals surface area contributed by atoms with Gasteiger partial charge >= 0.3 is 0 Å². The van der Waals surface area contributed by atoms with Crippen molar-refractivity contribution < 1.29 is 14.6 Å². The molecule has 20 heavy (non-hydrogen) atoms. The van der Waals surface area contributed by atoms with E-state index in [0.29, 0.717) is 17.4 Å². The van der Waals surface area contributed by atoms with Crippen LogP contribution in [0, 0.1) is 5.92 Å². The van der Waals surface area contributed by atoms with Crippen molar-refractivity contribution in [3.05, 3.63) is 23.8 Å². The molecule has 0 radical (unpaired) electrons. The molecule has 1 aromatic carbocycles. The van der Waals surface area contributed by atoms with Crippen LogP contribution >= 0.6 is 0 Å². The molecular formula is C17H28O3. The molecule has 0 heterocycles. The first kappa shape index (κ1) is 16.8. The van der Waals surface area contributed by atoms with Gasteiger partial charge in [0.25, 0.3) is 0 Å². The Balaban J connectivity index is 2.82. The normalized spacial score (nSPS) is 13.8. The van der Waals surface area contributed by atoms with Crippen molar-refractivity contribution in [1.82, 2.24) is 0 Å². The number of hydrogen-bond acceptors (Lipinski definition) is 3. The molecule has 0 bridgehead atoms. The standard InChI is InChI=1S/C17H28O3/c1-5-7-9-13(6-2)12-15(18)14-10-8-11-16(19-3)17(14)20-4/h8,10-11,13,15,18H,5-7,9,12H2,1-4H3. The maximum atomic E-state index is 10.5. The molecule has 1 aromatic rings. The van der Waals surface area contributed by atoms with Crippen LogP contribution in [-0.4, -0.2) is 19.3 Å². The Morgan fingerprint density at radius 3 is 2.45 bits per heavy atom. The summed E-state index contributed by atoms with van der Waals surface area (Å²) in [5.74, 6) is 1.87. The summed E-state index contributed by atoms with van der Waals surface area (Å²) in [7, 11) is 3.23. The fourth-order valence-electron chi connectivity index (χ4n) is 2.60. The van der Waals surface area contributed by atoms with E-state index in [-0.39, 0.29) is 0 Å².